The number of halogens is 1. The number of aromatic nitrogens is 2. The molecule has 0 amide bonds. The Bertz CT molecular complexity index is 351. The van der Waals surface area contributed by atoms with Crippen LogP contribution >= 0.6 is 23.4 Å². The van der Waals surface area contributed by atoms with E-state index in [1.165, 1.54) is 0 Å². The van der Waals surface area contributed by atoms with Crippen molar-refractivity contribution in [1.82, 2.24) is 15.2 Å². The van der Waals surface area contributed by atoms with E-state index in [2.05, 4.69) is 38.2 Å². The Morgan fingerprint density at radius 1 is 1.47 bits per heavy atom. The maximum Gasteiger partial charge on any atom is 0.0835 e. The zero-order valence-corrected chi connectivity index (χ0v) is 12.3. The smallest absolute Gasteiger partial charge is 0.0835 e. The maximum atomic E-state index is 6.19. The predicted octanol–water partition coefficient (Wildman–Crippen LogP) is 2.76. The van der Waals surface area contributed by atoms with E-state index in [1.807, 2.05) is 16.4 Å². The van der Waals surface area contributed by atoms with Crippen LogP contribution in [0, 0.1) is 0 Å². The monoisotopic (exact) mass is 276 g/mol. The molecule has 3 N–H and O–H groups in total. The molecule has 0 aliphatic carbocycles. The van der Waals surface area contributed by atoms with Crippen LogP contribution in [0.25, 0.3) is 0 Å². The highest BCUT2D eigenvalue weighted by Gasteiger charge is 2.21. The molecule has 0 aromatic carbocycles. The summed E-state index contributed by atoms with van der Waals surface area (Å²) in [4.78, 5) is 0. The van der Waals surface area contributed by atoms with E-state index in [1.54, 1.807) is 6.20 Å². The van der Waals surface area contributed by atoms with Crippen LogP contribution < -0.4 is 11.3 Å². The maximum absolute atomic E-state index is 6.19. The molecule has 4 nitrogen and oxygen atoms in total. The highest BCUT2D eigenvalue weighted by molar-refractivity contribution is 7.99. The Morgan fingerprint density at radius 2 is 2.12 bits per heavy atom. The first kappa shape index (κ1) is 14.8. The lowest BCUT2D eigenvalue weighted by atomic mass is 10.2. The lowest BCUT2D eigenvalue weighted by molar-refractivity contribution is 0.468. The molecule has 98 valence electrons. The van der Waals surface area contributed by atoms with E-state index in [4.69, 9.17) is 17.4 Å². The molecule has 0 aliphatic rings. The second-order valence-electron chi connectivity index (χ2n) is 4.52. The average molecular weight is 277 g/mol. The summed E-state index contributed by atoms with van der Waals surface area (Å²) in [6, 6.07) is 0.303. The van der Waals surface area contributed by atoms with Gasteiger partial charge in [-0.2, -0.15) is 16.9 Å². The standard InChI is InChI=1S/C11H21ClN4S/c1-7(2)16-11(9(12)5-14-16)10(15-13)6-17-8(3)4/h5,7-8,10,15H,6,13H2,1-4H3. The Balaban J connectivity index is 2.90. The fourth-order valence-electron chi connectivity index (χ4n) is 1.58. The van der Waals surface area contributed by atoms with Crippen LogP contribution in [-0.4, -0.2) is 20.8 Å². The summed E-state index contributed by atoms with van der Waals surface area (Å²) in [6.07, 6.45) is 1.68. The summed E-state index contributed by atoms with van der Waals surface area (Å²) >= 11 is 8.04. The van der Waals surface area contributed by atoms with Crippen LogP contribution in [0.3, 0.4) is 0 Å². The number of nitrogens with one attached hydrogen (secondary N) is 1. The van der Waals surface area contributed by atoms with Gasteiger partial charge < -0.3 is 0 Å². The van der Waals surface area contributed by atoms with Crippen molar-refractivity contribution in [2.75, 3.05) is 5.75 Å². The minimum absolute atomic E-state index is 0.0276. The molecule has 0 radical (unpaired) electrons. The van der Waals surface area contributed by atoms with Crippen LogP contribution in [0.4, 0.5) is 0 Å². The molecule has 1 unspecified atom stereocenters. The van der Waals surface area contributed by atoms with Crippen molar-refractivity contribution in [3.8, 4) is 0 Å². The SMILES string of the molecule is CC(C)SCC(NN)c1c(Cl)cnn1C(C)C. The van der Waals surface area contributed by atoms with Gasteiger partial charge in [-0.25, -0.2) is 0 Å². The molecule has 1 atom stereocenters. The fraction of sp³-hybridized carbons (Fsp3) is 0.727. The van der Waals surface area contributed by atoms with Crippen molar-refractivity contribution in [3.63, 3.8) is 0 Å². The number of hydrogen-bond donors (Lipinski definition) is 2. The summed E-state index contributed by atoms with van der Waals surface area (Å²) in [6.45, 7) is 8.49. The minimum Gasteiger partial charge on any atom is -0.271 e. The van der Waals surface area contributed by atoms with Crippen molar-refractivity contribution < 1.29 is 0 Å². The third kappa shape index (κ3) is 3.88. The van der Waals surface area contributed by atoms with Gasteiger partial charge >= 0.3 is 0 Å². The second kappa shape index (κ2) is 6.64. The quantitative estimate of drug-likeness (QED) is 0.620. The van der Waals surface area contributed by atoms with Gasteiger partial charge in [-0.05, 0) is 19.1 Å². The molecular formula is C11H21ClN4S. The van der Waals surface area contributed by atoms with Gasteiger partial charge in [0.15, 0.2) is 0 Å². The Hall–Kier alpha value is -0.230. The fourth-order valence-corrected chi connectivity index (χ4v) is 2.68. The lowest BCUT2D eigenvalue weighted by Gasteiger charge is -2.20. The van der Waals surface area contributed by atoms with E-state index in [9.17, 15) is 0 Å². The van der Waals surface area contributed by atoms with Crippen LogP contribution in [0.1, 0.15) is 45.5 Å². The molecule has 1 heterocycles. The molecule has 1 aromatic rings. The molecule has 6 heteroatoms. The molecular weight excluding hydrogens is 256 g/mol. The minimum atomic E-state index is 0.0276. The summed E-state index contributed by atoms with van der Waals surface area (Å²) in [5.41, 5.74) is 3.80. The van der Waals surface area contributed by atoms with Gasteiger partial charge in [-0.3, -0.25) is 16.0 Å². The first-order chi connectivity index (χ1) is 7.97. The first-order valence-corrected chi connectivity index (χ1v) is 7.20. The van der Waals surface area contributed by atoms with Gasteiger partial charge in [0, 0.05) is 11.8 Å². The van der Waals surface area contributed by atoms with Crippen LogP contribution in [-0.2, 0) is 0 Å². The molecule has 1 rings (SSSR count). The molecule has 1 aromatic heterocycles. The summed E-state index contributed by atoms with van der Waals surface area (Å²) in [7, 11) is 0. The zero-order valence-electron chi connectivity index (χ0n) is 10.8. The molecule has 0 fully saturated rings. The normalized spacial score (nSPS) is 13.6. The average Bonchev–Trinajstić information content (AvgIpc) is 2.62. The van der Waals surface area contributed by atoms with Gasteiger partial charge in [-0.1, -0.05) is 25.4 Å². The Labute approximate surface area is 112 Å². The van der Waals surface area contributed by atoms with Crippen molar-refractivity contribution in [2.45, 2.75) is 45.0 Å². The second-order valence-corrected chi connectivity index (χ2v) is 6.53. The molecule has 0 spiro atoms. The topological polar surface area (TPSA) is 55.9 Å². The molecule has 0 saturated carbocycles. The molecule has 0 aliphatic heterocycles. The molecule has 0 saturated heterocycles. The van der Waals surface area contributed by atoms with Crippen LogP contribution in [0.5, 0.6) is 0 Å². The third-order valence-corrected chi connectivity index (χ3v) is 3.89. The zero-order chi connectivity index (χ0) is 13.0. The van der Waals surface area contributed by atoms with Crippen molar-refractivity contribution >= 4 is 23.4 Å². The van der Waals surface area contributed by atoms with Gasteiger partial charge in [0.2, 0.25) is 0 Å². The highest BCUT2D eigenvalue weighted by Crippen LogP contribution is 2.28. The van der Waals surface area contributed by atoms with Gasteiger partial charge in [0.25, 0.3) is 0 Å². The Morgan fingerprint density at radius 3 is 2.59 bits per heavy atom. The first-order valence-electron chi connectivity index (χ1n) is 5.78. The van der Waals surface area contributed by atoms with Crippen molar-refractivity contribution in [3.05, 3.63) is 16.9 Å². The third-order valence-electron chi connectivity index (χ3n) is 2.40. The largest absolute Gasteiger partial charge is 0.271 e. The number of hydrogen-bond acceptors (Lipinski definition) is 4. The number of rotatable bonds is 6. The van der Waals surface area contributed by atoms with E-state index in [-0.39, 0.29) is 12.1 Å². The lowest BCUT2D eigenvalue weighted by Crippen LogP contribution is -2.32. The van der Waals surface area contributed by atoms with E-state index >= 15 is 0 Å². The van der Waals surface area contributed by atoms with E-state index in [0.717, 1.165) is 11.4 Å². The molecule has 0 bridgehead atoms. The van der Waals surface area contributed by atoms with Crippen LogP contribution in [0.15, 0.2) is 6.20 Å². The van der Waals surface area contributed by atoms with Gasteiger partial charge in [0.1, 0.15) is 0 Å². The summed E-state index contributed by atoms with van der Waals surface area (Å²) < 4.78 is 1.92. The Kier molecular flexibility index (Phi) is 5.79. The summed E-state index contributed by atoms with van der Waals surface area (Å²) in [5.74, 6) is 6.51. The van der Waals surface area contributed by atoms with E-state index < -0.39 is 0 Å². The molecule has 17 heavy (non-hydrogen) atoms. The van der Waals surface area contributed by atoms with E-state index in [0.29, 0.717) is 10.3 Å². The van der Waals surface area contributed by atoms with Gasteiger partial charge in [0.05, 0.1) is 23.0 Å². The predicted molar refractivity (Wildman–Crippen MR) is 75.3 cm³/mol. The van der Waals surface area contributed by atoms with Crippen molar-refractivity contribution in [1.29, 1.82) is 0 Å². The highest BCUT2D eigenvalue weighted by atomic mass is 35.5. The number of nitrogens with two attached hydrogens (primary N) is 1. The number of hydrazine groups is 1. The van der Waals surface area contributed by atoms with Gasteiger partial charge in [-0.15, -0.1) is 0 Å². The van der Waals surface area contributed by atoms with Crippen LogP contribution in [0.2, 0.25) is 5.02 Å². The van der Waals surface area contributed by atoms with Crippen molar-refractivity contribution in [2.24, 2.45) is 5.84 Å². The number of nitrogens with zero attached hydrogens (tertiary/aromatic N) is 2. The summed E-state index contributed by atoms with van der Waals surface area (Å²) in [5, 5.41) is 5.53. The number of thioether (sulfide) groups is 1.